The van der Waals surface area contributed by atoms with Gasteiger partial charge in [0.05, 0.1) is 11.3 Å². The monoisotopic (exact) mass is 309 g/mol. The van der Waals surface area contributed by atoms with Gasteiger partial charge in [-0.25, -0.2) is 4.98 Å². The average molecular weight is 309 g/mol. The smallest absolute Gasteiger partial charge is 0.107 e. The Morgan fingerprint density at radius 3 is 3.10 bits per heavy atom. The largest absolute Gasteiger partial charge is 0.387 e. The third-order valence-electron chi connectivity index (χ3n) is 4.96. The normalized spacial score (nSPS) is 30.3. The Hall–Kier alpha value is -0.490. The number of aromatic nitrogens is 1. The number of thiazole rings is 1. The van der Waals surface area contributed by atoms with Crippen molar-refractivity contribution >= 4 is 11.3 Å². The highest BCUT2D eigenvalue weighted by Gasteiger charge is 2.43. The van der Waals surface area contributed by atoms with Crippen LogP contribution in [-0.4, -0.2) is 46.3 Å². The summed E-state index contributed by atoms with van der Waals surface area (Å²) in [4.78, 5) is 7.09. The molecule has 0 unspecified atom stereocenters. The van der Waals surface area contributed by atoms with Crippen LogP contribution in [0.25, 0.3) is 0 Å². The standard InChI is InChI=1S/C16H27N3OS/c1-2-13-11-21-15(18-13)10-17-12-16(20)7-5-9-19-8-4-3-6-14(16)19/h11,14,17,20H,2-10,12H2,1H3/t14-,16-/m1/s1. The van der Waals surface area contributed by atoms with E-state index in [2.05, 4.69) is 27.5 Å². The second-order valence-corrected chi connectivity index (χ2v) is 7.39. The van der Waals surface area contributed by atoms with Crippen LogP contribution in [0.1, 0.15) is 49.7 Å². The van der Waals surface area contributed by atoms with Gasteiger partial charge in [-0.15, -0.1) is 11.3 Å². The third-order valence-corrected chi connectivity index (χ3v) is 5.86. The SMILES string of the molecule is CCc1csc(CNC[C@]2(O)CCCN3CCCC[C@@H]32)n1. The first kappa shape index (κ1) is 15.4. The van der Waals surface area contributed by atoms with E-state index in [-0.39, 0.29) is 0 Å². The summed E-state index contributed by atoms with van der Waals surface area (Å²) in [6.07, 6.45) is 6.74. The van der Waals surface area contributed by atoms with Crippen LogP contribution in [0, 0.1) is 0 Å². The summed E-state index contributed by atoms with van der Waals surface area (Å²) in [5, 5.41) is 17.8. The minimum absolute atomic E-state index is 0.356. The molecule has 0 aromatic carbocycles. The van der Waals surface area contributed by atoms with Gasteiger partial charge in [-0.3, -0.25) is 4.90 Å². The van der Waals surface area contributed by atoms with E-state index < -0.39 is 5.60 Å². The maximum absolute atomic E-state index is 11.1. The van der Waals surface area contributed by atoms with Crippen LogP contribution < -0.4 is 5.32 Å². The Kier molecular flexibility index (Phi) is 4.94. The Labute approximate surface area is 131 Å². The molecule has 2 aliphatic rings. The number of aryl methyl sites for hydroxylation is 1. The molecule has 2 fully saturated rings. The summed E-state index contributed by atoms with van der Waals surface area (Å²) < 4.78 is 0. The van der Waals surface area contributed by atoms with Gasteiger partial charge < -0.3 is 10.4 Å². The van der Waals surface area contributed by atoms with Crippen molar-refractivity contribution in [2.45, 2.75) is 63.6 Å². The van der Waals surface area contributed by atoms with Crippen molar-refractivity contribution in [2.24, 2.45) is 0 Å². The lowest BCUT2D eigenvalue weighted by atomic mass is 9.79. The van der Waals surface area contributed by atoms with E-state index in [1.54, 1.807) is 11.3 Å². The second kappa shape index (κ2) is 6.73. The average Bonchev–Trinajstić information content (AvgIpc) is 2.96. The fourth-order valence-corrected chi connectivity index (χ4v) is 4.65. The van der Waals surface area contributed by atoms with Crippen molar-refractivity contribution in [3.05, 3.63) is 16.1 Å². The highest BCUT2D eigenvalue weighted by Crippen LogP contribution is 2.33. The summed E-state index contributed by atoms with van der Waals surface area (Å²) in [7, 11) is 0. The predicted octanol–water partition coefficient (Wildman–Crippen LogP) is 2.17. The molecule has 118 valence electrons. The number of rotatable bonds is 5. The summed E-state index contributed by atoms with van der Waals surface area (Å²) in [5.41, 5.74) is 0.621. The molecule has 5 heteroatoms. The van der Waals surface area contributed by atoms with Gasteiger partial charge in [0.2, 0.25) is 0 Å². The molecule has 0 amide bonds. The Morgan fingerprint density at radius 1 is 1.43 bits per heavy atom. The maximum Gasteiger partial charge on any atom is 0.107 e. The molecule has 0 spiro atoms. The number of piperidine rings is 2. The summed E-state index contributed by atoms with van der Waals surface area (Å²) in [6.45, 7) is 5.93. The van der Waals surface area contributed by atoms with E-state index in [1.807, 2.05) is 0 Å². The van der Waals surface area contributed by atoms with Gasteiger partial charge in [-0.1, -0.05) is 13.3 Å². The summed E-state index contributed by atoms with van der Waals surface area (Å²) in [6, 6.07) is 0.356. The molecule has 2 atom stereocenters. The Balaban J connectivity index is 1.55. The first-order valence-electron chi connectivity index (χ1n) is 8.32. The first-order chi connectivity index (χ1) is 10.2. The van der Waals surface area contributed by atoms with Crippen molar-refractivity contribution in [3.63, 3.8) is 0 Å². The van der Waals surface area contributed by atoms with Gasteiger partial charge in [0.1, 0.15) is 5.01 Å². The fraction of sp³-hybridized carbons (Fsp3) is 0.812. The highest BCUT2D eigenvalue weighted by atomic mass is 32.1. The molecule has 0 radical (unpaired) electrons. The van der Waals surface area contributed by atoms with Gasteiger partial charge >= 0.3 is 0 Å². The molecule has 1 aromatic rings. The number of hydrogen-bond acceptors (Lipinski definition) is 5. The molecule has 4 nitrogen and oxygen atoms in total. The molecule has 1 aromatic heterocycles. The van der Waals surface area contributed by atoms with Gasteiger partial charge in [0.25, 0.3) is 0 Å². The van der Waals surface area contributed by atoms with E-state index in [1.165, 1.54) is 31.6 Å². The van der Waals surface area contributed by atoms with E-state index in [4.69, 9.17) is 0 Å². The minimum Gasteiger partial charge on any atom is -0.387 e. The number of aliphatic hydroxyl groups is 1. The van der Waals surface area contributed by atoms with Crippen LogP contribution >= 0.6 is 11.3 Å². The highest BCUT2D eigenvalue weighted by molar-refractivity contribution is 7.09. The van der Waals surface area contributed by atoms with Gasteiger partial charge in [0, 0.05) is 24.5 Å². The molecule has 3 rings (SSSR count). The van der Waals surface area contributed by atoms with Crippen molar-refractivity contribution in [3.8, 4) is 0 Å². The van der Waals surface area contributed by atoms with Crippen LogP contribution in [0.2, 0.25) is 0 Å². The Bertz CT molecular complexity index is 462. The van der Waals surface area contributed by atoms with Gasteiger partial charge in [0.15, 0.2) is 0 Å². The molecule has 0 aliphatic carbocycles. The van der Waals surface area contributed by atoms with Crippen molar-refractivity contribution in [1.29, 1.82) is 0 Å². The number of hydrogen-bond donors (Lipinski definition) is 2. The number of nitrogens with zero attached hydrogens (tertiary/aromatic N) is 2. The molecular formula is C16H27N3OS. The van der Waals surface area contributed by atoms with E-state index in [0.29, 0.717) is 12.6 Å². The van der Waals surface area contributed by atoms with Crippen LogP contribution in [0.4, 0.5) is 0 Å². The van der Waals surface area contributed by atoms with Gasteiger partial charge in [-0.05, 0) is 45.2 Å². The summed E-state index contributed by atoms with van der Waals surface area (Å²) in [5.74, 6) is 0. The summed E-state index contributed by atoms with van der Waals surface area (Å²) >= 11 is 1.72. The molecule has 2 aliphatic heterocycles. The lowest BCUT2D eigenvalue weighted by Crippen LogP contribution is -2.62. The van der Waals surface area contributed by atoms with Crippen LogP contribution in [0.5, 0.6) is 0 Å². The van der Waals surface area contributed by atoms with E-state index in [0.717, 1.165) is 37.2 Å². The molecule has 0 bridgehead atoms. The zero-order valence-corrected chi connectivity index (χ0v) is 13.8. The topological polar surface area (TPSA) is 48.4 Å². The van der Waals surface area contributed by atoms with Crippen molar-refractivity contribution < 1.29 is 5.11 Å². The molecule has 0 saturated carbocycles. The molecule has 2 saturated heterocycles. The van der Waals surface area contributed by atoms with Gasteiger partial charge in [-0.2, -0.15) is 0 Å². The molecular weight excluding hydrogens is 282 g/mol. The number of nitrogens with one attached hydrogen (secondary N) is 1. The van der Waals surface area contributed by atoms with Crippen LogP contribution in [0.15, 0.2) is 5.38 Å². The van der Waals surface area contributed by atoms with E-state index >= 15 is 0 Å². The first-order valence-corrected chi connectivity index (χ1v) is 9.19. The maximum atomic E-state index is 11.1. The fourth-order valence-electron chi connectivity index (χ4n) is 3.81. The van der Waals surface area contributed by atoms with Crippen LogP contribution in [0.3, 0.4) is 0 Å². The minimum atomic E-state index is -0.552. The second-order valence-electron chi connectivity index (χ2n) is 6.44. The zero-order chi connectivity index (χ0) is 14.7. The Morgan fingerprint density at radius 2 is 2.29 bits per heavy atom. The number of fused-ring (bicyclic) bond motifs is 1. The van der Waals surface area contributed by atoms with Crippen molar-refractivity contribution in [2.75, 3.05) is 19.6 Å². The molecule has 2 N–H and O–H groups in total. The lowest BCUT2D eigenvalue weighted by molar-refractivity contribution is -0.0919. The zero-order valence-electron chi connectivity index (χ0n) is 13.0. The van der Waals surface area contributed by atoms with E-state index in [9.17, 15) is 5.11 Å². The third kappa shape index (κ3) is 3.47. The van der Waals surface area contributed by atoms with Crippen LogP contribution in [-0.2, 0) is 13.0 Å². The molecule has 21 heavy (non-hydrogen) atoms. The van der Waals surface area contributed by atoms with Crippen molar-refractivity contribution in [1.82, 2.24) is 15.2 Å². The lowest BCUT2D eigenvalue weighted by Gasteiger charge is -2.49. The quantitative estimate of drug-likeness (QED) is 0.875. The predicted molar refractivity (Wildman–Crippen MR) is 86.6 cm³/mol. The molecule has 3 heterocycles.